The van der Waals surface area contributed by atoms with Gasteiger partial charge in [0.15, 0.2) is 0 Å². The maximum absolute atomic E-state index is 10.7. The largest absolute Gasteiger partial charge is 1.00 e. The number of carbonyl (C=O) groups is 1. The van der Waals surface area contributed by atoms with Crippen molar-refractivity contribution in [3.05, 3.63) is 42.3 Å². The molecule has 0 atom stereocenters. The molecule has 0 unspecified atom stereocenters. The van der Waals surface area contributed by atoms with Crippen LogP contribution in [0.3, 0.4) is 0 Å². The first-order valence-corrected chi connectivity index (χ1v) is 3.30. The molecule has 12 heavy (non-hydrogen) atoms. The van der Waals surface area contributed by atoms with Gasteiger partial charge in [0.05, 0.1) is 7.11 Å². The summed E-state index contributed by atoms with van der Waals surface area (Å²) in [7, 11) is 1.36. The van der Waals surface area contributed by atoms with Crippen molar-refractivity contribution in [3.8, 4) is 0 Å². The third-order valence-corrected chi connectivity index (χ3v) is 1.29. The van der Waals surface area contributed by atoms with Crippen LogP contribution in [0.25, 0.3) is 0 Å². The molecule has 58 valence electrons. The van der Waals surface area contributed by atoms with Crippen LogP contribution < -0.4 is 58.2 Å². The van der Waals surface area contributed by atoms with Crippen LogP contribution in [0.1, 0.15) is 5.56 Å². The summed E-state index contributed by atoms with van der Waals surface area (Å²) >= 11 is 0. The van der Waals surface area contributed by atoms with Gasteiger partial charge in [0, 0.05) is 0 Å². The second-order valence-electron chi connectivity index (χ2n) is 2.08. The molecule has 0 heterocycles. The summed E-state index contributed by atoms with van der Waals surface area (Å²) in [5.74, 6) is -0.323. The predicted octanol–water partition coefficient (Wildman–Crippen LogP) is -1.58. The van der Waals surface area contributed by atoms with Crippen molar-refractivity contribution < 1.29 is 67.7 Å². The zero-order chi connectivity index (χ0) is 8.10. The number of esters is 1. The molecule has 0 bridgehead atoms. The van der Waals surface area contributed by atoms with E-state index in [-0.39, 0.29) is 64.2 Å². The van der Waals surface area contributed by atoms with Crippen LogP contribution in [0.5, 0.6) is 0 Å². The first-order chi connectivity index (χ1) is 5.33. The van der Waals surface area contributed by atoms with Crippen LogP contribution in [0, 0.1) is 6.42 Å². The molecule has 1 rings (SSSR count). The quantitative estimate of drug-likeness (QED) is 0.456. The Morgan fingerprint density at radius 3 is 2.42 bits per heavy atom. The van der Waals surface area contributed by atoms with Crippen LogP contribution in [0.15, 0.2) is 30.3 Å². The Hall–Kier alpha value is 0.365. The Balaban J connectivity index is 0.00000121. The monoisotopic (exact) mass is 234 g/mol. The van der Waals surface area contributed by atoms with Crippen LogP contribution in [0.4, 0.5) is 0 Å². The molecule has 1 aromatic rings. The van der Waals surface area contributed by atoms with Gasteiger partial charge in [-0.15, -0.1) is 12.1 Å². The second-order valence-corrected chi connectivity index (χ2v) is 2.08. The van der Waals surface area contributed by atoms with Gasteiger partial charge in [-0.3, -0.25) is 4.79 Å². The van der Waals surface area contributed by atoms with Crippen LogP contribution in [-0.4, -0.2) is 13.1 Å². The number of rotatable bonds is 2. The maximum atomic E-state index is 10.7. The maximum Gasteiger partial charge on any atom is 1.00 e. The van der Waals surface area contributed by atoms with Crippen molar-refractivity contribution in [1.29, 1.82) is 0 Å². The Labute approximate surface area is 121 Å². The molecule has 2 nitrogen and oxygen atoms in total. The minimum absolute atomic E-state index is 0. The summed E-state index contributed by atoms with van der Waals surface area (Å²) in [6.45, 7) is 0. The molecule has 0 saturated carbocycles. The van der Waals surface area contributed by atoms with Gasteiger partial charge < -0.3 is 4.74 Å². The average Bonchev–Trinajstić information content (AvgIpc) is 2.06. The number of methoxy groups -OCH3 is 1. The molecular formula is C9H9O2Rb. The molecule has 0 aliphatic heterocycles. The van der Waals surface area contributed by atoms with E-state index < -0.39 is 0 Å². The minimum Gasteiger partial charge on any atom is -0.475 e. The van der Waals surface area contributed by atoms with Crippen molar-refractivity contribution in [2.75, 3.05) is 7.11 Å². The van der Waals surface area contributed by atoms with E-state index in [1.165, 1.54) is 13.5 Å². The van der Waals surface area contributed by atoms with E-state index in [2.05, 4.69) is 4.74 Å². The fourth-order valence-corrected chi connectivity index (χ4v) is 0.744. The van der Waals surface area contributed by atoms with Crippen molar-refractivity contribution in [2.45, 2.75) is 0 Å². The van der Waals surface area contributed by atoms with E-state index in [0.717, 1.165) is 5.56 Å². The molecule has 0 aliphatic carbocycles. The Morgan fingerprint density at radius 1 is 1.33 bits per heavy atom. The van der Waals surface area contributed by atoms with Crippen LogP contribution >= 0.6 is 0 Å². The molecule has 0 aliphatic rings. The molecule has 0 fully saturated rings. The summed E-state index contributed by atoms with van der Waals surface area (Å²) in [5, 5.41) is 0. The fourth-order valence-electron chi connectivity index (χ4n) is 0.744. The van der Waals surface area contributed by atoms with Gasteiger partial charge in [-0.1, -0.05) is 12.5 Å². The van der Waals surface area contributed by atoms with Crippen LogP contribution in [0.2, 0.25) is 0 Å². The predicted molar refractivity (Wildman–Crippen MR) is 41.9 cm³/mol. The fraction of sp³-hybridized carbons (Fsp3) is 0.111. The molecule has 0 aromatic heterocycles. The topological polar surface area (TPSA) is 26.3 Å². The van der Waals surface area contributed by atoms with Crippen LogP contribution in [-0.2, 0) is 9.53 Å². The smallest absolute Gasteiger partial charge is 0.475 e. The number of benzene rings is 1. The number of hydrogen-bond acceptors (Lipinski definition) is 2. The van der Waals surface area contributed by atoms with Gasteiger partial charge in [0.1, 0.15) is 0 Å². The van der Waals surface area contributed by atoms with Crippen molar-refractivity contribution in [2.24, 2.45) is 0 Å². The molecule has 3 heteroatoms. The van der Waals surface area contributed by atoms with Gasteiger partial charge in [-0.05, 0) is 0 Å². The third kappa shape index (κ3) is 4.41. The zero-order valence-corrected chi connectivity index (χ0v) is 12.2. The van der Waals surface area contributed by atoms with E-state index in [9.17, 15) is 4.79 Å². The summed E-state index contributed by atoms with van der Waals surface area (Å²) in [6, 6.07) is 9.33. The number of hydrogen-bond donors (Lipinski definition) is 0. The van der Waals surface area contributed by atoms with Gasteiger partial charge in [0.2, 0.25) is 0 Å². The number of carbonyl (C=O) groups excluding carboxylic acids is 1. The second kappa shape index (κ2) is 6.84. The van der Waals surface area contributed by atoms with Crippen molar-refractivity contribution in [3.63, 3.8) is 0 Å². The molecule has 0 N–H and O–H groups in total. The Morgan fingerprint density at radius 2 is 1.92 bits per heavy atom. The van der Waals surface area contributed by atoms with Gasteiger partial charge >= 0.3 is 58.2 Å². The molecular weight excluding hydrogens is 226 g/mol. The van der Waals surface area contributed by atoms with E-state index >= 15 is 0 Å². The van der Waals surface area contributed by atoms with Gasteiger partial charge in [0.25, 0.3) is 5.97 Å². The molecule has 0 spiro atoms. The molecule has 0 amide bonds. The zero-order valence-electron chi connectivity index (χ0n) is 7.28. The first-order valence-electron chi connectivity index (χ1n) is 3.30. The standard InChI is InChI=1S/C9H9O2.Rb/c1-11-9(10)7-8-5-3-2-4-6-8;/h2-7H,1H3;/q-1;+1. The van der Waals surface area contributed by atoms with E-state index in [0.29, 0.717) is 0 Å². The number of ether oxygens (including phenoxy) is 1. The third-order valence-electron chi connectivity index (χ3n) is 1.29. The van der Waals surface area contributed by atoms with Crippen molar-refractivity contribution in [1.82, 2.24) is 0 Å². The summed E-state index contributed by atoms with van der Waals surface area (Å²) < 4.78 is 4.46. The van der Waals surface area contributed by atoms with Gasteiger partial charge in [-0.2, -0.15) is 17.7 Å². The summed E-state index contributed by atoms with van der Waals surface area (Å²) in [5.41, 5.74) is 0.861. The van der Waals surface area contributed by atoms with E-state index in [1.807, 2.05) is 30.3 Å². The first kappa shape index (κ1) is 12.4. The normalized spacial score (nSPS) is 8.08. The molecule has 0 radical (unpaired) electrons. The minimum atomic E-state index is -0.323. The summed E-state index contributed by atoms with van der Waals surface area (Å²) in [4.78, 5) is 10.7. The molecule has 1 aromatic carbocycles. The van der Waals surface area contributed by atoms with E-state index in [4.69, 9.17) is 0 Å². The SMILES string of the molecule is COC(=O)[CH-]c1ccccc1.[Rb+]. The average molecular weight is 235 g/mol. The van der Waals surface area contributed by atoms with Gasteiger partial charge in [-0.25, -0.2) is 0 Å². The van der Waals surface area contributed by atoms with Crippen molar-refractivity contribution >= 4 is 5.97 Å². The Kier molecular flexibility index (Phi) is 7.04. The Bertz CT molecular complexity index is 234. The van der Waals surface area contributed by atoms with E-state index in [1.54, 1.807) is 0 Å². The molecule has 0 saturated heterocycles. The summed E-state index contributed by atoms with van der Waals surface area (Å²) in [6.07, 6.45) is 1.44.